The molecule has 74 valence electrons. The molecule has 0 bridgehead atoms. The van der Waals surface area contributed by atoms with Crippen molar-refractivity contribution in [3.8, 4) is 11.8 Å². The summed E-state index contributed by atoms with van der Waals surface area (Å²) < 4.78 is 0. The molecule has 0 aliphatic rings. The Kier molecular flexibility index (Phi) is 72.1. The van der Waals surface area contributed by atoms with Gasteiger partial charge >= 0.3 is 54.8 Å². The van der Waals surface area contributed by atoms with Gasteiger partial charge in [-0.1, -0.05) is 0 Å². The predicted molar refractivity (Wildman–Crippen MR) is 51.5 cm³/mol. The van der Waals surface area contributed by atoms with Crippen molar-refractivity contribution < 1.29 is 54.8 Å². The van der Waals surface area contributed by atoms with Crippen molar-refractivity contribution in [1.29, 1.82) is 5.26 Å². The van der Waals surface area contributed by atoms with Gasteiger partial charge in [-0.05, 0) is 6.92 Å². The van der Waals surface area contributed by atoms with Gasteiger partial charge in [-0.2, -0.15) is 11.4 Å². The molecule has 0 N–H and O–H groups in total. The SMILES string of the molecule is [C-]#N.[CH2-]CC#CC.[Cu+].[Li+].[Li+].[c-]1cccs1. The molecule has 1 aromatic heterocycles. The van der Waals surface area contributed by atoms with Crippen molar-refractivity contribution in [3.63, 3.8) is 0 Å². The first-order valence-corrected chi connectivity index (χ1v) is 4.10. The van der Waals surface area contributed by atoms with Crippen LogP contribution in [0.1, 0.15) is 13.3 Å². The Morgan fingerprint density at radius 2 is 2.00 bits per heavy atom. The Morgan fingerprint density at radius 3 is 2.07 bits per heavy atom. The fourth-order valence-corrected chi connectivity index (χ4v) is 0.714. The van der Waals surface area contributed by atoms with E-state index in [2.05, 4.69) is 24.1 Å². The maximum Gasteiger partial charge on any atom is 1.00 e. The van der Waals surface area contributed by atoms with E-state index in [4.69, 9.17) is 11.8 Å². The van der Waals surface area contributed by atoms with Crippen LogP contribution < -0.4 is 37.7 Å². The Labute approximate surface area is 132 Å². The molecule has 1 rings (SSSR count). The first-order valence-electron chi connectivity index (χ1n) is 3.22. The van der Waals surface area contributed by atoms with Gasteiger partial charge in [-0.15, -0.1) is 23.6 Å². The van der Waals surface area contributed by atoms with Gasteiger partial charge < -0.3 is 30.1 Å². The number of hydrogen-bond acceptors (Lipinski definition) is 2. The minimum Gasteiger partial charge on any atom is -0.512 e. The van der Waals surface area contributed by atoms with E-state index < -0.39 is 0 Å². The molecule has 0 saturated carbocycles. The van der Waals surface area contributed by atoms with Crippen LogP contribution in [0, 0.1) is 36.0 Å². The maximum atomic E-state index is 6.25. The van der Waals surface area contributed by atoms with Crippen LogP contribution in [-0.2, 0) is 17.1 Å². The van der Waals surface area contributed by atoms with E-state index in [9.17, 15) is 0 Å². The monoisotopic (exact) mass is 253 g/mol. The quantitative estimate of drug-likeness (QED) is 0.273. The second kappa shape index (κ2) is 36.6. The van der Waals surface area contributed by atoms with E-state index in [1.54, 1.807) is 11.3 Å². The molecule has 0 aliphatic carbocycles. The molecule has 0 spiro atoms. The third-order valence-corrected chi connectivity index (χ3v) is 1.25. The topological polar surface area (TPSA) is 23.8 Å². The summed E-state index contributed by atoms with van der Waals surface area (Å²) >= 11 is 1.59. The molecule has 0 fully saturated rings. The van der Waals surface area contributed by atoms with Crippen LogP contribution in [0.2, 0.25) is 0 Å². The van der Waals surface area contributed by atoms with Gasteiger partial charge in [0, 0.05) is 0 Å². The number of nitrogens with zero attached hydrogens (tertiary/aromatic N) is 1. The Bertz CT molecular complexity index is 209. The van der Waals surface area contributed by atoms with Crippen LogP contribution in [0.4, 0.5) is 0 Å². The normalized spacial score (nSPS) is 4.53. The summed E-state index contributed by atoms with van der Waals surface area (Å²) in [6.07, 6.45) is 0.733. The van der Waals surface area contributed by atoms with Crippen molar-refractivity contribution in [2.45, 2.75) is 13.3 Å². The molecule has 0 aromatic carbocycles. The Morgan fingerprint density at radius 1 is 1.47 bits per heavy atom. The molecule has 1 heterocycles. The third-order valence-electron chi connectivity index (χ3n) is 0.681. The standard InChI is InChI=1S/C5H7.C4H3S.CN.Cu.2Li/c1-3-5-4-2;1-2-4-5-3-1;1-2;;;/h1,3H2,2H3;1-3H;;;;/q3*-1;3*+1. The van der Waals surface area contributed by atoms with E-state index >= 15 is 0 Å². The molecule has 0 amide bonds. The van der Waals surface area contributed by atoms with Gasteiger partial charge in [-0.25, -0.2) is 6.07 Å². The predicted octanol–water partition coefficient (Wildman–Crippen LogP) is -3.12. The zero-order valence-electron chi connectivity index (χ0n) is 9.30. The molecular formula is C10H10CuLi2NS. The van der Waals surface area contributed by atoms with Gasteiger partial charge in [0.15, 0.2) is 0 Å². The fourth-order valence-electron chi connectivity index (χ4n) is 0.321. The first-order chi connectivity index (χ1) is 5.91. The van der Waals surface area contributed by atoms with Crippen molar-refractivity contribution >= 4 is 11.3 Å². The molecule has 1 nitrogen and oxygen atoms in total. The fraction of sp³-hybridized carbons (Fsp3) is 0.200. The molecule has 0 radical (unpaired) electrons. The van der Waals surface area contributed by atoms with Crippen molar-refractivity contribution in [1.82, 2.24) is 0 Å². The molecule has 0 atom stereocenters. The van der Waals surface area contributed by atoms with Crippen LogP contribution in [0.3, 0.4) is 0 Å². The molecule has 15 heavy (non-hydrogen) atoms. The summed E-state index contributed by atoms with van der Waals surface area (Å²) in [6.45, 7) is 10.1. The van der Waals surface area contributed by atoms with Crippen LogP contribution in [-0.4, -0.2) is 0 Å². The Balaban J connectivity index is -0.0000000326. The second-order valence-corrected chi connectivity index (χ2v) is 2.15. The van der Waals surface area contributed by atoms with E-state index in [0.29, 0.717) is 0 Å². The molecule has 0 aliphatic heterocycles. The van der Waals surface area contributed by atoms with Gasteiger partial charge in [0.25, 0.3) is 0 Å². The van der Waals surface area contributed by atoms with Crippen molar-refractivity contribution in [3.05, 3.63) is 36.4 Å². The smallest absolute Gasteiger partial charge is 0.512 e. The van der Waals surface area contributed by atoms with E-state index in [1.165, 1.54) is 0 Å². The van der Waals surface area contributed by atoms with Crippen LogP contribution >= 0.6 is 11.3 Å². The first kappa shape index (κ1) is 29.5. The summed E-state index contributed by atoms with van der Waals surface area (Å²) in [5.74, 6) is 5.45. The second-order valence-electron chi connectivity index (χ2n) is 1.41. The number of thiophene rings is 1. The van der Waals surface area contributed by atoms with Gasteiger partial charge in [-0.3, -0.25) is 0 Å². The minimum absolute atomic E-state index is 0. The molecular weight excluding hydrogens is 244 g/mol. The van der Waals surface area contributed by atoms with E-state index in [1.807, 2.05) is 24.4 Å². The minimum atomic E-state index is 0. The maximum absolute atomic E-state index is 6.25. The van der Waals surface area contributed by atoms with E-state index in [-0.39, 0.29) is 54.8 Å². The molecule has 5 heteroatoms. The van der Waals surface area contributed by atoms with E-state index in [0.717, 1.165) is 6.42 Å². The summed E-state index contributed by atoms with van der Waals surface area (Å²) in [5, 5.41) is 11.1. The van der Waals surface area contributed by atoms with Gasteiger partial charge in [0.2, 0.25) is 0 Å². The summed E-state index contributed by atoms with van der Waals surface area (Å²) in [6, 6.07) is 3.86. The average molecular weight is 254 g/mol. The zero-order valence-corrected chi connectivity index (χ0v) is 11.1. The van der Waals surface area contributed by atoms with Crippen molar-refractivity contribution in [2.75, 3.05) is 0 Å². The molecule has 1 aromatic rings. The average Bonchev–Trinajstić information content (AvgIpc) is 2.67. The summed E-state index contributed by atoms with van der Waals surface area (Å²) in [4.78, 5) is 0. The third kappa shape index (κ3) is 40.3. The summed E-state index contributed by atoms with van der Waals surface area (Å²) in [5.41, 5.74) is 0. The van der Waals surface area contributed by atoms with Gasteiger partial charge in [0.1, 0.15) is 0 Å². The molecule has 0 unspecified atom stereocenters. The van der Waals surface area contributed by atoms with Gasteiger partial charge in [0.05, 0.1) is 0 Å². The van der Waals surface area contributed by atoms with Crippen molar-refractivity contribution in [2.24, 2.45) is 0 Å². The zero-order chi connectivity index (χ0) is 9.66. The molecule has 0 saturated heterocycles. The Hall–Kier alpha value is 0.464. The van der Waals surface area contributed by atoms with Crippen LogP contribution in [0.15, 0.2) is 17.5 Å². The van der Waals surface area contributed by atoms with Crippen LogP contribution in [0.5, 0.6) is 0 Å². The summed E-state index contributed by atoms with van der Waals surface area (Å²) in [7, 11) is 0. The number of rotatable bonds is 0. The number of hydrogen-bond donors (Lipinski definition) is 0. The van der Waals surface area contributed by atoms with Crippen LogP contribution in [0.25, 0.3) is 0 Å². The largest absolute Gasteiger partial charge is 1.00 e.